The molecule has 0 aliphatic rings. The monoisotopic (exact) mass is 216 g/mol. The van der Waals surface area contributed by atoms with Gasteiger partial charge in [-0.25, -0.2) is 0 Å². The summed E-state index contributed by atoms with van der Waals surface area (Å²) >= 11 is 0. The Morgan fingerprint density at radius 1 is 1.00 bits per heavy atom. The van der Waals surface area contributed by atoms with Gasteiger partial charge in [0.2, 0.25) is 0 Å². The summed E-state index contributed by atoms with van der Waals surface area (Å²) in [6, 6.07) is 0. The maximum atomic E-state index is 12.0. The van der Waals surface area contributed by atoms with E-state index >= 15 is 0 Å². The summed E-state index contributed by atoms with van der Waals surface area (Å²) in [4.78, 5) is 12.0. The predicted molar refractivity (Wildman–Crippen MR) is 63.4 cm³/mol. The minimum atomic E-state index is -1.98. The average molecular weight is 216 g/mol. The number of ether oxygens (including phenoxy) is 1. The van der Waals surface area contributed by atoms with Gasteiger partial charge in [0.25, 0.3) is 5.59 Å². The summed E-state index contributed by atoms with van der Waals surface area (Å²) in [6.07, 6.45) is 0. The summed E-state index contributed by atoms with van der Waals surface area (Å²) in [6.45, 7) is 16.2. The molecule has 3 heteroatoms. The Hall–Kier alpha value is -0.313. The molecule has 0 rings (SSSR count). The van der Waals surface area contributed by atoms with Gasteiger partial charge in [-0.1, -0.05) is 33.9 Å². The second-order valence-electron chi connectivity index (χ2n) is 6.38. The number of hydrogen-bond donors (Lipinski definition) is 0. The quantitative estimate of drug-likeness (QED) is 0.619. The van der Waals surface area contributed by atoms with Crippen LogP contribution in [0.2, 0.25) is 18.1 Å². The zero-order chi connectivity index (χ0) is 11.8. The summed E-state index contributed by atoms with van der Waals surface area (Å²) in [7, 11) is -1.98. The van der Waals surface area contributed by atoms with Crippen LogP contribution in [0.25, 0.3) is 0 Å². The highest BCUT2D eigenvalue weighted by atomic mass is 28.3. The molecule has 0 saturated heterocycles. The molecule has 0 N–H and O–H groups in total. The fourth-order valence-electron chi connectivity index (χ4n) is 0.712. The van der Waals surface area contributed by atoms with Crippen LogP contribution in [0.3, 0.4) is 0 Å². The zero-order valence-electron chi connectivity index (χ0n) is 10.8. The minimum absolute atomic E-state index is 0.0116. The van der Waals surface area contributed by atoms with E-state index in [4.69, 9.17) is 4.74 Å². The molecular weight excluding hydrogens is 192 g/mol. The SMILES string of the molecule is CC(C)(C)OC(=O)[Si](C)(C)C(C)(C)C. The third-order valence-electron chi connectivity index (χ3n) is 2.78. The largest absolute Gasteiger partial charge is 0.464 e. The minimum Gasteiger partial charge on any atom is -0.464 e. The van der Waals surface area contributed by atoms with Crippen LogP contribution in [0.15, 0.2) is 0 Å². The Labute approximate surface area is 89.0 Å². The Bertz CT molecular complexity index is 218. The molecule has 0 unspecified atom stereocenters. The first-order valence-corrected chi connectivity index (χ1v) is 8.11. The molecule has 0 amide bonds. The molecule has 2 nitrogen and oxygen atoms in total. The van der Waals surface area contributed by atoms with E-state index in [1.165, 1.54) is 0 Å². The second-order valence-corrected chi connectivity index (χ2v) is 11.5. The van der Waals surface area contributed by atoms with Crippen LogP contribution in [0.5, 0.6) is 0 Å². The van der Waals surface area contributed by atoms with E-state index < -0.39 is 8.07 Å². The topological polar surface area (TPSA) is 26.3 Å². The fourth-order valence-corrected chi connectivity index (χ4v) is 1.89. The summed E-state index contributed by atoms with van der Waals surface area (Å²) in [5.41, 5.74) is -0.357. The van der Waals surface area contributed by atoms with Gasteiger partial charge >= 0.3 is 0 Å². The van der Waals surface area contributed by atoms with E-state index in [0.29, 0.717) is 0 Å². The van der Waals surface area contributed by atoms with E-state index in [0.717, 1.165) is 0 Å². The van der Waals surface area contributed by atoms with Crippen molar-refractivity contribution in [2.75, 3.05) is 0 Å². The van der Waals surface area contributed by atoms with Gasteiger partial charge in [0.05, 0.1) is 0 Å². The lowest BCUT2D eigenvalue weighted by atomic mass is 10.2. The maximum absolute atomic E-state index is 12.0. The molecule has 0 aromatic heterocycles. The first-order valence-electron chi connectivity index (χ1n) is 5.11. The van der Waals surface area contributed by atoms with Crippen LogP contribution in [-0.4, -0.2) is 19.3 Å². The Morgan fingerprint density at radius 3 is 1.57 bits per heavy atom. The van der Waals surface area contributed by atoms with Crippen LogP contribution in [-0.2, 0) is 4.74 Å². The van der Waals surface area contributed by atoms with E-state index in [-0.39, 0.29) is 16.2 Å². The summed E-state index contributed by atoms with van der Waals surface area (Å²) in [5.74, 6) is 0. The van der Waals surface area contributed by atoms with Gasteiger partial charge in [-0.05, 0) is 25.8 Å². The van der Waals surface area contributed by atoms with Crippen molar-refractivity contribution in [3.05, 3.63) is 0 Å². The van der Waals surface area contributed by atoms with E-state index in [1.807, 2.05) is 20.8 Å². The van der Waals surface area contributed by atoms with Crippen molar-refractivity contribution in [2.45, 2.75) is 65.3 Å². The smallest absolute Gasteiger partial charge is 0.272 e. The fraction of sp³-hybridized carbons (Fsp3) is 0.909. The third-order valence-corrected chi connectivity index (χ3v) is 7.66. The zero-order valence-corrected chi connectivity index (χ0v) is 11.8. The Balaban J connectivity index is 4.70. The van der Waals surface area contributed by atoms with Gasteiger partial charge < -0.3 is 4.74 Å². The molecule has 0 heterocycles. The number of carbonyl (C=O) groups is 1. The molecule has 0 saturated carbocycles. The van der Waals surface area contributed by atoms with Crippen molar-refractivity contribution in [1.82, 2.24) is 0 Å². The van der Waals surface area contributed by atoms with Crippen LogP contribution in [0, 0.1) is 0 Å². The normalized spacial score (nSPS) is 14.0. The number of hydrogen-bond acceptors (Lipinski definition) is 2. The predicted octanol–water partition coefficient (Wildman–Crippen LogP) is 4.01. The molecule has 0 atom stereocenters. The molecule has 84 valence electrons. The molecule has 0 aliphatic heterocycles. The van der Waals surface area contributed by atoms with E-state index in [1.54, 1.807) is 0 Å². The molecule has 0 aliphatic carbocycles. The van der Waals surface area contributed by atoms with Crippen molar-refractivity contribution < 1.29 is 9.53 Å². The molecule has 14 heavy (non-hydrogen) atoms. The van der Waals surface area contributed by atoms with Gasteiger partial charge in [-0.2, -0.15) is 0 Å². The Kier molecular flexibility index (Phi) is 3.60. The van der Waals surface area contributed by atoms with Crippen LogP contribution >= 0.6 is 0 Å². The highest BCUT2D eigenvalue weighted by Crippen LogP contribution is 2.37. The van der Waals surface area contributed by atoms with Crippen molar-refractivity contribution >= 4 is 13.7 Å². The van der Waals surface area contributed by atoms with Crippen molar-refractivity contribution in [3.63, 3.8) is 0 Å². The van der Waals surface area contributed by atoms with E-state index in [2.05, 4.69) is 33.9 Å². The first-order chi connectivity index (χ1) is 5.88. The average Bonchev–Trinajstić information content (AvgIpc) is 1.80. The lowest BCUT2D eigenvalue weighted by Crippen LogP contribution is -2.48. The van der Waals surface area contributed by atoms with Crippen molar-refractivity contribution in [3.8, 4) is 0 Å². The molecule has 0 spiro atoms. The van der Waals surface area contributed by atoms with Gasteiger partial charge in [0, 0.05) is 0 Å². The lowest BCUT2D eigenvalue weighted by Gasteiger charge is -2.36. The van der Waals surface area contributed by atoms with Gasteiger partial charge in [0.1, 0.15) is 5.60 Å². The molecule has 0 fully saturated rings. The molecule has 0 aromatic rings. The van der Waals surface area contributed by atoms with Gasteiger partial charge in [-0.3, -0.25) is 4.79 Å². The number of rotatable bonds is 1. The third kappa shape index (κ3) is 3.44. The van der Waals surface area contributed by atoms with Crippen molar-refractivity contribution in [1.29, 1.82) is 0 Å². The Morgan fingerprint density at radius 2 is 1.36 bits per heavy atom. The van der Waals surface area contributed by atoms with Crippen LogP contribution < -0.4 is 0 Å². The molecule has 0 bridgehead atoms. The highest BCUT2D eigenvalue weighted by molar-refractivity contribution is 7.05. The molecule has 0 radical (unpaired) electrons. The maximum Gasteiger partial charge on any atom is 0.272 e. The van der Waals surface area contributed by atoms with Crippen LogP contribution in [0.1, 0.15) is 41.5 Å². The number of carbonyl (C=O) groups excluding carboxylic acids is 1. The highest BCUT2D eigenvalue weighted by Gasteiger charge is 2.45. The molecular formula is C11H24O2Si. The van der Waals surface area contributed by atoms with Gasteiger partial charge in [-0.15, -0.1) is 0 Å². The van der Waals surface area contributed by atoms with Gasteiger partial charge in [0.15, 0.2) is 8.07 Å². The first kappa shape index (κ1) is 13.7. The standard InChI is InChI=1S/C11H24O2Si/c1-10(2,3)13-9(12)14(7,8)11(4,5)6/h1-8H3. The summed E-state index contributed by atoms with van der Waals surface area (Å²) in [5, 5.41) is 0.0509. The van der Waals surface area contributed by atoms with Crippen molar-refractivity contribution in [2.24, 2.45) is 0 Å². The molecule has 0 aromatic carbocycles. The van der Waals surface area contributed by atoms with Crippen LogP contribution in [0.4, 0.5) is 4.79 Å². The second kappa shape index (κ2) is 3.68. The van der Waals surface area contributed by atoms with E-state index in [9.17, 15) is 4.79 Å². The lowest BCUT2D eigenvalue weighted by molar-refractivity contribution is 0.0697. The summed E-state index contributed by atoms with van der Waals surface area (Å²) < 4.78 is 5.45.